The van der Waals surface area contributed by atoms with E-state index in [-0.39, 0.29) is 11.9 Å². The normalized spacial score (nSPS) is 11.9. The lowest BCUT2D eigenvalue weighted by molar-refractivity contribution is 0.0669. The number of hydrogen-bond donors (Lipinski definition) is 0. The summed E-state index contributed by atoms with van der Waals surface area (Å²) < 4.78 is 5.90. The minimum Gasteiger partial charge on any atom is -0.486 e. The zero-order chi connectivity index (χ0) is 21.7. The molecule has 4 nitrogen and oxygen atoms in total. The van der Waals surface area contributed by atoms with E-state index in [9.17, 15) is 4.79 Å². The van der Waals surface area contributed by atoms with Crippen molar-refractivity contribution in [1.29, 1.82) is 0 Å². The Morgan fingerprint density at radius 1 is 1.17 bits per heavy atom. The van der Waals surface area contributed by atoms with Crippen molar-refractivity contribution in [3.63, 3.8) is 0 Å². The molecule has 1 amide bonds. The van der Waals surface area contributed by atoms with E-state index >= 15 is 0 Å². The third-order valence-corrected chi connectivity index (χ3v) is 6.37. The van der Waals surface area contributed by atoms with Gasteiger partial charge in [0.15, 0.2) is 0 Å². The Labute approximate surface area is 187 Å². The van der Waals surface area contributed by atoms with Crippen LogP contribution in [0.15, 0.2) is 47.8 Å². The molecule has 0 N–H and O–H groups in total. The maximum atomic E-state index is 13.1. The van der Waals surface area contributed by atoms with E-state index in [1.54, 1.807) is 35.6 Å². The van der Waals surface area contributed by atoms with Gasteiger partial charge in [-0.2, -0.15) is 0 Å². The van der Waals surface area contributed by atoms with E-state index in [1.807, 2.05) is 22.4 Å². The summed E-state index contributed by atoms with van der Waals surface area (Å²) in [6.45, 7) is 9.18. The smallest absolute Gasteiger partial charge is 0.254 e. The van der Waals surface area contributed by atoms with Gasteiger partial charge in [0.05, 0.1) is 12.2 Å². The molecule has 1 aromatic heterocycles. The summed E-state index contributed by atoms with van der Waals surface area (Å²) in [7, 11) is 0. The molecule has 158 valence electrons. The number of halogens is 1. The highest BCUT2D eigenvalue weighted by Gasteiger charge is 2.22. The number of nitrogens with zero attached hydrogens (tertiary/aromatic N) is 2. The van der Waals surface area contributed by atoms with Gasteiger partial charge in [0.1, 0.15) is 17.4 Å². The summed E-state index contributed by atoms with van der Waals surface area (Å²) in [5, 5.41) is 3.52. The average Bonchev–Trinajstić information content (AvgIpc) is 3.20. The number of benzene rings is 2. The molecule has 0 saturated heterocycles. The van der Waals surface area contributed by atoms with E-state index < -0.39 is 0 Å². The van der Waals surface area contributed by atoms with Crippen LogP contribution >= 0.6 is 22.9 Å². The van der Waals surface area contributed by atoms with Crippen molar-refractivity contribution in [2.75, 3.05) is 0 Å². The Bertz CT molecular complexity index is 1000. The molecular weight excluding hydrogens is 416 g/mol. The van der Waals surface area contributed by atoms with Crippen molar-refractivity contribution in [1.82, 2.24) is 9.88 Å². The Balaban J connectivity index is 1.68. The largest absolute Gasteiger partial charge is 0.486 e. The van der Waals surface area contributed by atoms with E-state index in [4.69, 9.17) is 21.3 Å². The van der Waals surface area contributed by atoms with E-state index in [0.717, 1.165) is 22.9 Å². The quantitative estimate of drug-likeness (QED) is 0.403. The van der Waals surface area contributed by atoms with Crippen LogP contribution in [0.3, 0.4) is 0 Å². The molecule has 0 aliphatic heterocycles. The number of carbonyl (C=O) groups is 1. The molecule has 0 radical (unpaired) electrons. The van der Waals surface area contributed by atoms with Crippen molar-refractivity contribution >= 4 is 28.8 Å². The van der Waals surface area contributed by atoms with E-state index in [2.05, 4.69) is 33.8 Å². The lowest BCUT2D eigenvalue weighted by atomic mass is 10.1. The zero-order valence-corrected chi connectivity index (χ0v) is 19.4. The summed E-state index contributed by atoms with van der Waals surface area (Å²) in [4.78, 5) is 19.6. The fraction of sp³-hybridized carbons (Fsp3) is 0.333. The molecule has 0 bridgehead atoms. The highest BCUT2D eigenvalue weighted by atomic mass is 35.5. The van der Waals surface area contributed by atoms with Gasteiger partial charge in [0.25, 0.3) is 5.91 Å². The van der Waals surface area contributed by atoms with Gasteiger partial charge in [-0.05, 0) is 74.7 Å². The van der Waals surface area contributed by atoms with Gasteiger partial charge in [-0.3, -0.25) is 4.79 Å². The number of aryl methyl sites for hydroxylation is 2. The SMILES string of the molecule is CC[C@@H](C)N(Cc1csc(COc2ccc(C)c(C)c2)n1)C(=O)c1ccc(Cl)cc1. The van der Waals surface area contributed by atoms with Gasteiger partial charge < -0.3 is 9.64 Å². The minimum absolute atomic E-state index is 0.0121. The number of aromatic nitrogens is 1. The molecule has 0 aliphatic rings. The van der Waals surface area contributed by atoms with E-state index in [1.165, 1.54) is 11.1 Å². The van der Waals surface area contributed by atoms with Gasteiger partial charge in [-0.25, -0.2) is 4.98 Å². The van der Waals surface area contributed by atoms with Gasteiger partial charge in [-0.1, -0.05) is 24.6 Å². The van der Waals surface area contributed by atoms with Gasteiger partial charge >= 0.3 is 0 Å². The fourth-order valence-electron chi connectivity index (χ4n) is 3.02. The Hall–Kier alpha value is -2.37. The van der Waals surface area contributed by atoms with Crippen molar-refractivity contribution in [3.05, 3.63) is 80.3 Å². The summed E-state index contributed by atoms with van der Waals surface area (Å²) in [6.07, 6.45) is 0.867. The fourth-order valence-corrected chi connectivity index (χ4v) is 3.84. The van der Waals surface area contributed by atoms with Crippen LogP contribution in [0.1, 0.15) is 52.5 Å². The Morgan fingerprint density at radius 2 is 1.90 bits per heavy atom. The third kappa shape index (κ3) is 5.61. The van der Waals surface area contributed by atoms with Crippen molar-refractivity contribution in [3.8, 4) is 5.75 Å². The third-order valence-electron chi connectivity index (χ3n) is 5.25. The molecule has 0 fully saturated rings. The highest BCUT2D eigenvalue weighted by molar-refractivity contribution is 7.09. The van der Waals surface area contributed by atoms with Crippen LogP contribution in [-0.2, 0) is 13.2 Å². The molecule has 0 unspecified atom stereocenters. The summed E-state index contributed by atoms with van der Waals surface area (Å²) in [6, 6.07) is 13.2. The first-order chi connectivity index (χ1) is 14.4. The standard InChI is InChI=1S/C24H27ClN2O2S/c1-5-18(4)27(24(28)19-7-9-20(25)10-8-19)13-21-15-30-23(26-21)14-29-22-11-6-16(2)17(3)12-22/h6-12,15,18H,5,13-14H2,1-4H3/t18-/m1/s1. The zero-order valence-electron chi connectivity index (χ0n) is 17.8. The molecule has 0 spiro atoms. The number of hydrogen-bond acceptors (Lipinski definition) is 4. The van der Waals surface area contributed by atoms with Crippen molar-refractivity contribution in [2.24, 2.45) is 0 Å². The Morgan fingerprint density at radius 3 is 2.57 bits per heavy atom. The molecule has 0 saturated carbocycles. The lowest BCUT2D eigenvalue weighted by Gasteiger charge is -2.28. The number of amides is 1. The monoisotopic (exact) mass is 442 g/mol. The van der Waals surface area contributed by atoms with Gasteiger partial charge in [0, 0.05) is 22.0 Å². The van der Waals surface area contributed by atoms with Crippen LogP contribution in [-0.4, -0.2) is 21.8 Å². The molecule has 30 heavy (non-hydrogen) atoms. The maximum absolute atomic E-state index is 13.1. The molecule has 6 heteroatoms. The molecule has 3 aromatic rings. The molecule has 2 aromatic carbocycles. The second-order valence-corrected chi connectivity index (χ2v) is 8.84. The maximum Gasteiger partial charge on any atom is 0.254 e. The topological polar surface area (TPSA) is 42.4 Å². The van der Waals surface area contributed by atoms with Crippen LogP contribution in [0.4, 0.5) is 0 Å². The minimum atomic E-state index is -0.0121. The highest BCUT2D eigenvalue weighted by Crippen LogP contribution is 2.21. The van der Waals surface area contributed by atoms with Gasteiger partial charge in [0.2, 0.25) is 0 Å². The van der Waals surface area contributed by atoms with Crippen LogP contribution in [0.2, 0.25) is 5.02 Å². The van der Waals surface area contributed by atoms with Crippen molar-refractivity contribution in [2.45, 2.75) is 53.3 Å². The first kappa shape index (κ1) is 22.3. The predicted molar refractivity (Wildman–Crippen MR) is 123 cm³/mol. The molecule has 3 rings (SSSR count). The average molecular weight is 443 g/mol. The number of carbonyl (C=O) groups excluding carboxylic acids is 1. The number of ether oxygens (including phenoxy) is 1. The van der Waals surface area contributed by atoms with Crippen LogP contribution in [0.5, 0.6) is 5.75 Å². The van der Waals surface area contributed by atoms with Crippen LogP contribution in [0, 0.1) is 13.8 Å². The lowest BCUT2D eigenvalue weighted by Crippen LogP contribution is -2.37. The molecule has 1 atom stereocenters. The summed E-state index contributed by atoms with van der Waals surface area (Å²) in [5.41, 5.74) is 3.96. The van der Waals surface area contributed by atoms with Crippen LogP contribution in [0.25, 0.3) is 0 Å². The first-order valence-electron chi connectivity index (χ1n) is 10.1. The van der Waals surface area contributed by atoms with Crippen LogP contribution < -0.4 is 4.74 Å². The second kappa shape index (κ2) is 10.1. The van der Waals surface area contributed by atoms with Crippen molar-refractivity contribution < 1.29 is 9.53 Å². The molecule has 1 heterocycles. The molecular formula is C24H27ClN2O2S. The first-order valence-corrected chi connectivity index (χ1v) is 11.3. The second-order valence-electron chi connectivity index (χ2n) is 7.46. The molecule has 0 aliphatic carbocycles. The van der Waals surface area contributed by atoms with Gasteiger partial charge in [-0.15, -0.1) is 11.3 Å². The summed E-state index contributed by atoms with van der Waals surface area (Å²) >= 11 is 7.52. The number of rotatable bonds is 8. The van der Waals surface area contributed by atoms with E-state index in [0.29, 0.717) is 23.7 Å². The number of thiazole rings is 1. The predicted octanol–water partition coefficient (Wildman–Crippen LogP) is 6.43. The Kier molecular flexibility index (Phi) is 7.51. The summed E-state index contributed by atoms with van der Waals surface area (Å²) in [5.74, 6) is 0.830.